The number of nitrogens with one attached hydrogen (secondary N) is 1. The quantitative estimate of drug-likeness (QED) is 0.575. The highest BCUT2D eigenvalue weighted by atomic mass is 16.2. The number of hydrogen-bond donors (Lipinski definition) is 1. The Morgan fingerprint density at radius 2 is 1.67 bits per heavy atom. The standard InChI is InChI=1S/C14H28N2O2/c1-4-5-6-11-16(14(3)18)12-7-9-15-10-8-13(2)17/h15H,4-12H2,1-3H3. The van der Waals surface area contributed by atoms with Gasteiger partial charge in [0, 0.05) is 33.0 Å². The summed E-state index contributed by atoms with van der Waals surface area (Å²) in [7, 11) is 0. The van der Waals surface area contributed by atoms with Crippen LogP contribution in [0, 0.1) is 0 Å². The summed E-state index contributed by atoms with van der Waals surface area (Å²) in [6.07, 6.45) is 4.99. The van der Waals surface area contributed by atoms with Crippen molar-refractivity contribution < 1.29 is 9.59 Å². The van der Waals surface area contributed by atoms with E-state index in [0.29, 0.717) is 6.42 Å². The molecule has 4 nitrogen and oxygen atoms in total. The molecule has 1 N–H and O–H groups in total. The summed E-state index contributed by atoms with van der Waals surface area (Å²) in [4.78, 5) is 24.1. The van der Waals surface area contributed by atoms with Gasteiger partial charge in [0.15, 0.2) is 0 Å². The van der Waals surface area contributed by atoms with Crippen LogP contribution in [0.4, 0.5) is 0 Å². The number of amides is 1. The Balaban J connectivity index is 3.57. The summed E-state index contributed by atoms with van der Waals surface area (Å²) in [5.41, 5.74) is 0. The molecule has 0 unspecified atom stereocenters. The van der Waals surface area contributed by atoms with E-state index in [1.165, 1.54) is 12.8 Å². The van der Waals surface area contributed by atoms with Crippen molar-refractivity contribution in [2.45, 2.75) is 52.9 Å². The highest BCUT2D eigenvalue weighted by Gasteiger charge is 2.06. The molecule has 0 heterocycles. The number of rotatable bonds is 11. The van der Waals surface area contributed by atoms with Crippen LogP contribution in [0.3, 0.4) is 0 Å². The minimum absolute atomic E-state index is 0.162. The first-order valence-corrected chi connectivity index (χ1v) is 7.03. The van der Waals surface area contributed by atoms with Crippen molar-refractivity contribution in [3.63, 3.8) is 0 Å². The largest absolute Gasteiger partial charge is 0.343 e. The molecule has 106 valence electrons. The van der Waals surface area contributed by atoms with Gasteiger partial charge in [-0.2, -0.15) is 0 Å². The second-order valence-corrected chi connectivity index (χ2v) is 4.77. The molecular formula is C14H28N2O2. The third-order valence-electron chi connectivity index (χ3n) is 2.91. The van der Waals surface area contributed by atoms with E-state index in [4.69, 9.17) is 0 Å². The third kappa shape index (κ3) is 10.3. The molecule has 0 aromatic heterocycles. The minimum atomic E-state index is 0.162. The number of unbranched alkanes of at least 4 members (excludes halogenated alkanes) is 2. The molecule has 0 rings (SSSR count). The Bertz CT molecular complexity index is 242. The second kappa shape index (κ2) is 11.2. The molecule has 0 bridgehead atoms. The molecular weight excluding hydrogens is 228 g/mol. The minimum Gasteiger partial charge on any atom is -0.343 e. The van der Waals surface area contributed by atoms with Crippen molar-refractivity contribution in [2.24, 2.45) is 0 Å². The fourth-order valence-corrected chi connectivity index (χ4v) is 1.76. The molecule has 0 fully saturated rings. The van der Waals surface area contributed by atoms with Gasteiger partial charge >= 0.3 is 0 Å². The lowest BCUT2D eigenvalue weighted by atomic mass is 10.2. The Labute approximate surface area is 111 Å². The summed E-state index contributed by atoms with van der Waals surface area (Å²) in [5.74, 6) is 0.377. The van der Waals surface area contributed by atoms with Crippen LogP contribution in [0.1, 0.15) is 52.9 Å². The number of Topliss-reactive ketones (excluding diaryl/α,β-unsaturated/α-hetero) is 1. The van der Waals surface area contributed by atoms with Crippen molar-refractivity contribution in [2.75, 3.05) is 26.2 Å². The zero-order valence-corrected chi connectivity index (χ0v) is 12.1. The molecule has 0 saturated heterocycles. The fourth-order valence-electron chi connectivity index (χ4n) is 1.76. The van der Waals surface area contributed by atoms with Gasteiger partial charge in [-0.15, -0.1) is 0 Å². The van der Waals surface area contributed by atoms with Crippen LogP contribution >= 0.6 is 0 Å². The molecule has 4 heteroatoms. The van der Waals surface area contributed by atoms with Crippen LogP contribution in [0.15, 0.2) is 0 Å². The Kier molecular flexibility index (Phi) is 10.6. The maximum atomic E-state index is 11.4. The van der Waals surface area contributed by atoms with Crippen LogP contribution in [0.2, 0.25) is 0 Å². The summed E-state index contributed by atoms with van der Waals surface area (Å²) in [6.45, 7) is 8.69. The predicted molar refractivity (Wildman–Crippen MR) is 74.6 cm³/mol. The summed E-state index contributed by atoms with van der Waals surface area (Å²) in [5, 5.41) is 3.22. The average molecular weight is 256 g/mol. The van der Waals surface area contributed by atoms with Gasteiger partial charge in [-0.3, -0.25) is 9.59 Å². The molecule has 0 atom stereocenters. The van der Waals surface area contributed by atoms with E-state index in [0.717, 1.165) is 39.0 Å². The van der Waals surface area contributed by atoms with E-state index in [9.17, 15) is 9.59 Å². The summed E-state index contributed by atoms with van der Waals surface area (Å²) in [6, 6.07) is 0. The van der Waals surface area contributed by atoms with Crippen LogP contribution in [0.5, 0.6) is 0 Å². The first kappa shape index (κ1) is 17.1. The Morgan fingerprint density at radius 1 is 1.00 bits per heavy atom. The first-order chi connectivity index (χ1) is 8.57. The summed E-state index contributed by atoms with van der Waals surface area (Å²) >= 11 is 0. The lowest BCUT2D eigenvalue weighted by Crippen LogP contribution is -2.32. The van der Waals surface area contributed by atoms with Gasteiger partial charge in [-0.05, 0) is 26.3 Å². The van der Waals surface area contributed by atoms with Crippen molar-refractivity contribution in [1.82, 2.24) is 10.2 Å². The van der Waals surface area contributed by atoms with Gasteiger partial charge in [0.1, 0.15) is 5.78 Å². The normalized spacial score (nSPS) is 10.4. The fraction of sp³-hybridized carbons (Fsp3) is 0.857. The Hall–Kier alpha value is -0.900. The van der Waals surface area contributed by atoms with Crippen molar-refractivity contribution in [3.8, 4) is 0 Å². The summed E-state index contributed by atoms with van der Waals surface area (Å²) < 4.78 is 0. The van der Waals surface area contributed by atoms with Gasteiger partial charge in [-0.1, -0.05) is 19.8 Å². The van der Waals surface area contributed by atoms with E-state index in [1.807, 2.05) is 4.90 Å². The predicted octanol–water partition coefficient (Wildman–Crippen LogP) is 1.98. The van der Waals surface area contributed by atoms with Gasteiger partial charge in [0.05, 0.1) is 0 Å². The zero-order chi connectivity index (χ0) is 13.8. The second-order valence-electron chi connectivity index (χ2n) is 4.77. The maximum absolute atomic E-state index is 11.4. The van der Waals surface area contributed by atoms with Crippen LogP contribution < -0.4 is 5.32 Å². The highest BCUT2D eigenvalue weighted by Crippen LogP contribution is 2.00. The molecule has 0 spiro atoms. The number of carbonyl (C=O) groups excluding carboxylic acids is 2. The van der Waals surface area contributed by atoms with Crippen molar-refractivity contribution >= 4 is 11.7 Å². The van der Waals surface area contributed by atoms with Gasteiger partial charge < -0.3 is 10.2 Å². The molecule has 0 aromatic rings. The van der Waals surface area contributed by atoms with E-state index >= 15 is 0 Å². The van der Waals surface area contributed by atoms with Crippen molar-refractivity contribution in [1.29, 1.82) is 0 Å². The molecule has 0 aromatic carbocycles. The average Bonchev–Trinajstić information content (AvgIpc) is 2.30. The molecule has 18 heavy (non-hydrogen) atoms. The molecule has 0 aliphatic heterocycles. The maximum Gasteiger partial charge on any atom is 0.219 e. The van der Waals surface area contributed by atoms with E-state index in [2.05, 4.69) is 12.2 Å². The van der Waals surface area contributed by atoms with Crippen molar-refractivity contribution in [3.05, 3.63) is 0 Å². The SMILES string of the molecule is CCCCCN(CCCNCCC(C)=O)C(C)=O. The van der Waals surface area contributed by atoms with Gasteiger partial charge in [0.25, 0.3) is 0 Å². The lowest BCUT2D eigenvalue weighted by Gasteiger charge is -2.21. The smallest absolute Gasteiger partial charge is 0.219 e. The van der Waals surface area contributed by atoms with E-state index in [1.54, 1.807) is 13.8 Å². The first-order valence-electron chi connectivity index (χ1n) is 7.03. The number of hydrogen-bond acceptors (Lipinski definition) is 3. The molecule has 1 amide bonds. The zero-order valence-electron chi connectivity index (χ0n) is 12.1. The van der Waals surface area contributed by atoms with Crippen LogP contribution in [0.25, 0.3) is 0 Å². The van der Waals surface area contributed by atoms with Gasteiger partial charge in [0.2, 0.25) is 5.91 Å². The molecule has 0 radical (unpaired) electrons. The van der Waals surface area contributed by atoms with E-state index in [-0.39, 0.29) is 11.7 Å². The molecule has 0 aliphatic rings. The topological polar surface area (TPSA) is 49.4 Å². The highest BCUT2D eigenvalue weighted by molar-refractivity contribution is 5.75. The number of nitrogens with zero attached hydrogens (tertiary/aromatic N) is 1. The molecule has 0 saturated carbocycles. The Morgan fingerprint density at radius 3 is 2.22 bits per heavy atom. The van der Waals surface area contributed by atoms with E-state index < -0.39 is 0 Å². The van der Waals surface area contributed by atoms with Crippen LogP contribution in [-0.2, 0) is 9.59 Å². The lowest BCUT2D eigenvalue weighted by molar-refractivity contribution is -0.129. The van der Waals surface area contributed by atoms with Crippen LogP contribution in [-0.4, -0.2) is 42.8 Å². The monoisotopic (exact) mass is 256 g/mol. The number of ketones is 1. The number of carbonyl (C=O) groups is 2. The third-order valence-corrected chi connectivity index (χ3v) is 2.91. The van der Waals surface area contributed by atoms with Gasteiger partial charge in [-0.25, -0.2) is 0 Å². The molecule has 0 aliphatic carbocycles.